The molecule has 1 amide bonds. The van der Waals surface area contributed by atoms with Crippen molar-refractivity contribution in [2.75, 3.05) is 50.8 Å². The molecule has 3 rings (SSSR count). The van der Waals surface area contributed by atoms with Crippen molar-refractivity contribution in [3.63, 3.8) is 0 Å². The van der Waals surface area contributed by atoms with Crippen LogP contribution in [0.4, 0.5) is 16.2 Å². The van der Waals surface area contributed by atoms with Gasteiger partial charge in [-0.2, -0.15) is 8.42 Å². The van der Waals surface area contributed by atoms with Crippen molar-refractivity contribution in [3.05, 3.63) is 45.6 Å². The number of methoxy groups -OCH3 is 2. The summed E-state index contributed by atoms with van der Waals surface area (Å²) in [6.07, 6.45) is 0.395. The van der Waals surface area contributed by atoms with Crippen LogP contribution in [0.3, 0.4) is 0 Å². The highest BCUT2D eigenvalue weighted by atomic mass is 35.5. The summed E-state index contributed by atoms with van der Waals surface area (Å²) in [5, 5.41) is -0.264. The average Bonchev–Trinajstić information content (AvgIpc) is 2.85. The van der Waals surface area contributed by atoms with E-state index in [-0.39, 0.29) is 30.2 Å². The van der Waals surface area contributed by atoms with Gasteiger partial charge in [-0.25, -0.2) is 15.3 Å². The molecule has 190 valence electrons. The number of anilines is 2. The van der Waals surface area contributed by atoms with Gasteiger partial charge in [-0.1, -0.05) is 30.1 Å². The monoisotopic (exact) mass is 546 g/mol. The Kier molecular flexibility index (Phi) is 8.65. The van der Waals surface area contributed by atoms with E-state index in [2.05, 4.69) is 10.5 Å². The van der Waals surface area contributed by atoms with Crippen LogP contribution in [0, 0.1) is 0 Å². The van der Waals surface area contributed by atoms with Crippen molar-refractivity contribution < 1.29 is 31.8 Å². The van der Waals surface area contributed by atoms with Gasteiger partial charge >= 0.3 is 21.3 Å². The van der Waals surface area contributed by atoms with Gasteiger partial charge in [0.05, 0.1) is 25.5 Å². The number of pyridine rings is 1. The maximum Gasteiger partial charge on any atom is 0.372 e. The number of hydrogen-bond acceptors (Lipinski definition) is 10. The number of esters is 1. The van der Waals surface area contributed by atoms with Gasteiger partial charge in [-0.3, -0.25) is 4.79 Å². The van der Waals surface area contributed by atoms with Crippen LogP contribution in [0.5, 0.6) is 5.88 Å². The smallest absolute Gasteiger partial charge is 0.372 e. The Labute approximate surface area is 212 Å². The molecule has 14 heteroatoms. The number of amides is 1. The molecule has 0 bridgehead atoms. The molecule has 1 aliphatic heterocycles. The van der Waals surface area contributed by atoms with Crippen LogP contribution in [0.1, 0.15) is 23.0 Å². The minimum atomic E-state index is -4.72. The molecule has 11 nitrogen and oxygen atoms in total. The van der Waals surface area contributed by atoms with Gasteiger partial charge in [0.15, 0.2) is 0 Å². The summed E-state index contributed by atoms with van der Waals surface area (Å²) in [6.45, 7) is 2.78. The molecule has 1 aliphatic rings. The van der Waals surface area contributed by atoms with E-state index in [1.807, 2.05) is 4.90 Å². The first-order chi connectivity index (χ1) is 16.6. The molecule has 0 aliphatic carbocycles. The standard InChI is InChI=1S/C21H24Cl2N4O7S/c1-4-17-16(20(28)33-3)12-18(19(24-17)32-2)25-34-35(30,31)21(29)27-7-5-26(6-8-27)15-10-13(22)9-14(23)11-15/h9-12,25H,4-8H2,1-3H3. The molecule has 1 fully saturated rings. The lowest BCUT2D eigenvalue weighted by Gasteiger charge is -2.35. The second-order valence-corrected chi connectivity index (χ2v) is 9.69. The normalized spacial score (nSPS) is 14.0. The van der Waals surface area contributed by atoms with E-state index in [1.54, 1.807) is 25.1 Å². The van der Waals surface area contributed by atoms with E-state index in [4.69, 9.17) is 37.0 Å². The van der Waals surface area contributed by atoms with Crippen LogP contribution in [0.25, 0.3) is 0 Å². The molecule has 0 radical (unpaired) electrons. The third-order valence-electron chi connectivity index (χ3n) is 5.23. The molecular weight excluding hydrogens is 523 g/mol. The largest absolute Gasteiger partial charge is 0.479 e. The summed E-state index contributed by atoms with van der Waals surface area (Å²) >= 11 is 12.1. The molecule has 1 aromatic carbocycles. The van der Waals surface area contributed by atoms with Crippen LogP contribution in [0.15, 0.2) is 24.3 Å². The predicted octanol–water partition coefficient (Wildman–Crippen LogP) is 3.36. The van der Waals surface area contributed by atoms with Gasteiger partial charge in [-0.15, -0.1) is 4.28 Å². The van der Waals surface area contributed by atoms with E-state index in [0.29, 0.717) is 35.2 Å². The number of carbonyl (C=O) groups excluding carboxylic acids is 2. The zero-order valence-corrected chi connectivity index (χ0v) is 21.5. The molecule has 1 N–H and O–H groups in total. The van der Waals surface area contributed by atoms with Crippen LogP contribution < -0.4 is 15.1 Å². The lowest BCUT2D eigenvalue weighted by Crippen LogP contribution is -2.50. The number of carbonyl (C=O) groups is 2. The number of halogens is 2. The average molecular weight is 547 g/mol. The molecule has 35 heavy (non-hydrogen) atoms. The Morgan fingerprint density at radius 2 is 1.69 bits per heavy atom. The summed E-state index contributed by atoms with van der Waals surface area (Å²) in [6, 6.07) is 6.37. The molecule has 0 spiro atoms. The van der Waals surface area contributed by atoms with E-state index in [1.165, 1.54) is 20.3 Å². The van der Waals surface area contributed by atoms with Gasteiger partial charge in [0, 0.05) is 41.9 Å². The summed E-state index contributed by atoms with van der Waals surface area (Å²) in [5.41, 5.74) is 3.36. The maximum atomic E-state index is 12.7. The second kappa shape index (κ2) is 11.3. The lowest BCUT2D eigenvalue weighted by atomic mass is 10.1. The predicted molar refractivity (Wildman–Crippen MR) is 131 cm³/mol. The van der Waals surface area contributed by atoms with Gasteiger partial charge < -0.3 is 19.3 Å². The molecule has 1 aromatic heterocycles. The number of piperazine rings is 1. The summed E-state index contributed by atoms with van der Waals surface area (Å²) < 4.78 is 39.8. The first-order valence-corrected chi connectivity index (χ1v) is 12.6. The van der Waals surface area contributed by atoms with E-state index in [0.717, 1.165) is 10.6 Å². The molecular formula is C21H24Cl2N4O7S. The van der Waals surface area contributed by atoms with E-state index in [9.17, 15) is 18.0 Å². The number of aromatic nitrogens is 1. The minimum Gasteiger partial charge on any atom is -0.479 e. The Morgan fingerprint density at radius 3 is 2.23 bits per heavy atom. The summed E-state index contributed by atoms with van der Waals surface area (Å²) in [7, 11) is -2.19. The van der Waals surface area contributed by atoms with Crippen molar-refractivity contribution >= 4 is 55.9 Å². The third kappa shape index (κ3) is 6.26. The number of ether oxygens (including phenoxy) is 2. The maximum absolute atomic E-state index is 12.7. The molecule has 0 saturated carbocycles. The lowest BCUT2D eigenvalue weighted by molar-refractivity contribution is 0.0599. The molecule has 0 atom stereocenters. The zero-order chi connectivity index (χ0) is 25.8. The van der Waals surface area contributed by atoms with E-state index >= 15 is 0 Å². The number of hydrogen-bond donors (Lipinski definition) is 1. The fourth-order valence-electron chi connectivity index (χ4n) is 3.48. The summed E-state index contributed by atoms with van der Waals surface area (Å²) in [5.74, 6) is -0.691. The summed E-state index contributed by atoms with van der Waals surface area (Å²) in [4.78, 5) is 32.0. The highest BCUT2D eigenvalue weighted by Crippen LogP contribution is 2.28. The number of benzene rings is 1. The SMILES string of the molecule is CCc1nc(OC)c(NOS(=O)(=O)C(=O)N2CCN(c3cc(Cl)cc(Cl)c3)CC2)cc1C(=O)OC. The Bertz CT molecular complexity index is 1200. The van der Waals surface area contributed by atoms with Crippen LogP contribution in [-0.2, 0) is 25.6 Å². The van der Waals surface area contributed by atoms with Crippen molar-refractivity contribution in [2.45, 2.75) is 13.3 Å². The van der Waals surface area contributed by atoms with Crippen molar-refractivity contribution in [1.82, 2.24) is 9.88 Å². The Hall–Kier alpha value is -2.80. The first-order valence-electron chi connectivity index (χ1n) is 10.4. The van der Waals surface area contributed by atoms with E-state index < -0.39 is 21.3 Å². The minimum absolute atomic E-state index is 0.0223. The second-order valence-electron chi connectivity index (χ2n) is 7.39. The van der Waals surface area contributed by atoms with Gasteiger partial charge in [-0.05, 0) is 30.7 Å². The highest BCUT2D eigenvalue weighted by molar-refractivity contribution is 8.01. The molecule has 2 heterocycles. The Morgan fingerprint density at radius 1 is 1.06 bits per heavy atom. The van der Waals surface area contributed by atoms with Crippen molar-refractivity contribution in [3.8, 4) is 5.88 Å². The van der Waals surface area contributed by atoms with Crippen LogP contribution in [-0.4, -0.2) is 69.9 Å². The van der Waals surface area contributed by atoms with Crippen LogP contribution >= 0.6 is 23.2 Å². The van der Waals surface area contributed by atoms with Gasteiger partial charge in [0.1, 0.15) is 5.69 Å². The molecule has 2 aromatic rings. The number of rotatable bonds is 7. The topological polar surface area (TPSA) is 127 Å². The first kappa shape index (κ1) is 26.8. The Balaban J connectivity index is 1.69. The fraction of sp³-hybridized carbons (Fsp3) is 0.381. The number of nitrogens with zero attached hydrogens (tertiary/aromatic N) is 3. The van der Waals surface area contributed by atoms with Crippen molar-refractivity contribution in [2.24, 2.45) is 0 Å². The van der Waals surface area contributed by atoms with Crippen molar-refractivity contribution in [1.29, 1.82) is 0 Å². The van der Waals surface area contributed by atoms with Gasteiger partial charge in [0.2, 0.25) is 5.88 Å². The molecule has 1 saturated heterocycles. The third-order valence-corrected chi connectivity index (χ3v) is 6.65. The van der Waals surface area contributed by atoms with Crippen LogP contribution in [0.2, 0.25) is 10.0 Å². The number of aryl methyl sites for hydroxylation is 1. The number of nitrogens with one attached hydrogen (secondary N) is 1. The van der Waals surface area contributed by atoms with Gasteiger partial charge in [0.25, 0.3) is 0 Å². The molecule has 0 unspecified atom stereocenters. The zero-order valence-electron chi connectivity index (χ0n) is 19.2. The quantitative estimate of drug-likeness (QED) is 0.407. The fourth-order valence-corrected chi connectivity index (χ4v) is 4.76. The highest BCUT2D eigenvalue weighted by Gasteiger charge is 2.33.